The van der Waals surface area contributed by atoms with Crippen LogP contribution in [-0.2, 0) is 6.54 Å². The summed E-state index contributed by atoms with van der Waals surface area (Å²) in [5, 5.41) is 11.0. The van der Waals surface area contributed by atoms with Crippen molar-refractivity contribution in [2.24, 2.45) is 17.7 Å². The molecule has 1 atom stereocenters. The number of hydrazine groups is 1. The van der Waals surface area contributed by atoms with Gasteiger partial charge in [0.2, 0.25) is 0 Å². The molecule has 6 nitrogen and oxygen atoms in total. The molecule has 6 heteroatoms. The summed E-state index contributed by atoms with van der Waals surface area (Å²) < 4.78 is 0. The van der Waals surface area contributed by atoms with E-state index in [1.807, 2.05) is 6.07 Å². The Morgan fingerprint density at radius 3 is 2.85 bits per heavy atom. The van der Waals surface area contributed by atoms with Crippen LogP contribution in [0.15, 0.2) is 18.2 Å². The number of nitrogens with two attached hydrogens (primary N) is 1. The van der Waals surface area contributed by atoms with Crippen molar-refractivity contribution in [1.82, 2.24) is 4.90 Å². The van der Waals surface area contributed by atoms with Crippen LogP contribution >= 0.6 is 0 Å². The second-order valence-corrected chi connectivity index (χ2v) is 5.78. The van der Waals surface area contributed by atoms with E-state index in [0.29, 0.717) is 11.6 Å². The molecule has 1 fully saturated rings. The van der Waals surface area contributed by atoms with Gasteiger partial charge in [0.1, 0.15) is 5.69 Å². The van der Waals surface area contributed by atoms with Gasteiger partial charge in [-0.1, -0.05) is 19.9 Å². The summed E-state index contributed by atoms with van der Waals surface area (Å²) in [6.07, 6.45) is 1.21. The SMILES string of the molecule is CC(C)C1CCN(Cc2ccc(NN)c([N+](=O)[O-])c2)C1. The zero-order valence-electron chi connectivity index (χ0n) is 12.0. The van der Waals surface area contributed by atoms with Gasteiger partial charge in [-0.25, -0.2) is 0 Å². The summed E-state index contributed by atoms with van der Waals surface area (Å²) in [6.45, 7) is 7.40. The number of likely N-dealkylation sites (tertiary alicyclic amines) is 1. The first-order chi connectivity index (χ1) is 9.51. The van der Waals surface area contributed by atoms with Gasteiger partial charge in [0, 0.05) is 19.2 Å². The summed E-state index contributed by atoms with van der Waals surface area (Å²) in [5.74, 6) is 6.71. The van der Waals surface area contributed by atoms with Crippen LogP contribution in [-0.4, -0.2) is 22.9 Å². The lowest BCUT2D eigenvalue weighted by Crippen LogP contribution is -2.21. The van der Waals surface area contributed by atoms with Crippen LogP contribution in [0.3, 0.4) is 0 Å². The van der Waals surface area contributed by atoms with Crippen molar-refractivity contribution in [1.29, 1.82) is 0 Å². The number of nitrogen functional groups attached to an aromatic ring is 1. The Balaban J connectivity index is 2.07. The number of hydrogen-bond acceptors (Lipinski definition) is 5. The summed E-state index contributed by atoms with van der Waals surface area (Å²) in [6, 6.07) is 5.17. The van der Waals surface area contributed by atoms with Gasteiger partial charge in [-0.05, 0) is 36.4 Å². The van der Waals surface area contributed by atoms with Crippen molar-refractivity contribution in [2.45, 2.75) is 26.8 Å². The molecule has 0 aromatic heterocycles. The number of nitrogens with zero attached hydrogens (tertiary/aromatic N) is 2. The molecular weight excluding hydrogens is 256 g/mol. The standard InChI is InChI=1S/C14H22N4O2/c1-10(2)12-5-6-17(9-12)8-11-3-4-13(16-15)14(7-11)18(19)20/h3-4,7,10,12,16H,5-6,8-9,15H2,1-2H3. The first-order valence-electron chi connectivity index (χ1n) is 6.97. The topological polar surface area (TPSA) is 84.4 Å². The third-order valence-electron chi connectivity index (χ3n) is 4.07. The summed E-state index contributed by atoms with van der Waals surface area (Å²) >= 11 is 0. The second-order valence-electron chi connectivity index (χ2n) is 5.78. The van der Waals surface area contributed by atoms with Gasteiger partial charge in [0.05, 0.1) is 4.92 Å². The smallest absolute Gasteiger partial charge is 0.293 e. The van der Waals surface area contributed by atoms with Crippen LogP contribution in [0.1, 0.15) is 25.8 Å². The Hall–Kier alpha value is -1.66. The van der Waals surface area contributed by atoms with Crippen molar-refractivity contribution in [3.63, 3.8) is 0 Å². The molecule has 0 saturated carbocycles. The van der Waals surface area contributed by atoms with Crippen molar-refractivity contribution in [3.8, 4) is 0 Å². The molecule has 110 valence electrons. The second kappa shape index (κ2) is 6.19. The molecule has 0 radical (unpaired) electrons. The average molecular weight is 278 g/mol. The molecule has 1 aromatic rings. The minimum Gasteiger partial charge on any atom is -0.318 e. The Bertz CT molecular complexity index is 490. The highest BCUT2D eigenvalue weighted by Gasteiger charge is 2.25. The molecule has 20 heavy (non-hydrogen) atoms. The van der Waals surface area contributed by atoms with Gasteiger partial charge >= 0.3 is 0 Å². The number of nitro groups is 1. The van der Waals surface area contributed by atoms with E-state index in [-0.39, 0.29) is 5.69 Å². The van der Waals surface area contributed by atoms with Gasteiger partial charge in [-0.2, -0.15) is 0 Å². The number of hydrogen-bond donors (Lipinski definition) is 2. The zero-order valence-corrected chi connectivity index (χ0v) is 12.0. The van der Waals surface area contributed by atoms with Crippen LogP contribution in [0.2, 0.25) is 0 Å². The van der Waals surface area contributed by atoms with E-state index in [1.54, 1.807) is 12.1 Å². The van der Waals surface area contributed by atoms with Gasteiger partial charge in [0.15, 0.2) is 0 Å². The van der Waals surface area contributed by atoms with Crippen molar-refractivity contribution in [2.75, 3.05) is 18.5 Å². The molecule has 0 aliphatic carbocycles. The third-order valence-corrected chi connectivity index (χ3v) is 4.07. The molecule has 0 spiro atoms. The van der Waals surface area contributed by atoms with Crippen LogP contribution in [0.5, 0.6) is 0 Å². The number of anilines is 1. The van der Waals surface area contributed by atoms with Crippen LogP contribution < -0.4 is 11.3 Å². The van der Waals surface area contributed by atoms with E-state index < -0.39 is 4.92 Å². The first-order valence-corrected chi connectivity index (χ1v) is 6.97. The summed E-state index contributed by atoms with van der Waals surface area (Å²) in [4.78, 5) is 13.0. The monoisotopic (exact) mass is 278 g/mol. The molecule has 1 aliphatic rings. The normalized spacial score (nSPS) is 19.5. The van der Waals surface area contributed by atoms with Crippen molar-refractivity contribution < 1.29 is 4.92 Å². The van der Waals surface area contributed by atoms with Crippen molar-refractivity contribution in [3.05, 3.63) is 33.9 Å². The van der Waals surface area contributed by atoms with E-state index in [9.17, 15) is 10.1 Å². The highest BCUT2D eigenvalue weighted by molar-refractivity contribution is 5.61. The van der Waals surface area contributed by atoms with Gasteiger partial charge in [0.25, 0.3) is 5.69 Å². The minimum absolute atomic E-state index is 0.0320. The summed E-state index contributed by atoms with van der Waals surface area (Å²) in [7, 11) is 0. The Morgan fingerprint density at radius 2 is 2.30 bits per heavy atom. The molecule has 1 saturated heterocycles. The quantitative estimate of drug-likeness (QED) is 0.490. The van der Waals surface area contributed by atoms with Gasteiger partial charge in [-0.3, -0.25) is 20.9 Å². The van der Waals surface area contributed by atoms with Crippen LogP contribution in [0, 0.1) is 22.0 Å². The van der Waals surface area contributed by atoms with E-state index in [1.165, 1.54) is 6.42 Å². The molecule has 3 N–H and O–H groups in total. The molecule has 1 aliphatic heterocycles. The van der Waals surface area contributed by atoms with Gasteiger partial charge < -0.3 is 5.43 Å². The lowest BCUT2D eigenvalue weighted by Gasteiger charge is -2.18. The lowest BCUT2D eigenvalue weighted by molar-refractivity contribution is -0.384. The van der Waals surface area contributed by atoms with Gasteiger partial charge in [-0.15, -0.1) is 0 Å². The molecule has 2 rings (SSSR count). The molecule has 0 bridgehead atoms. The first kappa shape index (κ1) is 14.7. The molecule has 1 heterocycles. The fourth-order valence-electron chi connectivity index (χ4n) is 2.76. The van der Waals surface area contributed by atoms with E-state index >= 15 is 0 Å². The molecular formula is C14H22N4O2. The zero-order chi connectivity index (χ0) is 14.7. The Kier molecular flexibility index (Phi) is 4.57. The molecule has 1 aromatic carbocycles. The number of nitro benzene ring substituents is 1. The Morgan fingerprint density at radius 1 is 1.55 bits per heavy atom. The van der Waals surface area contributed by atoms with E-state index in [2.05, 4.69) is 24.2 Å². The average Bonchev–Trinajstić information content (AvgIpc) is 2.87. The number of rotatable bonds is 5. The lowest BCUT2D eigenvalue weighted by atomic mass is 9.95. The van der Waals surface area contributed by atoms with E-state index in [0.717, 1.165) is 31.1 Å². The molecule has 1 unspecified atom stereocenters. The largest absolute Gasteiger partial charge is 0.318 e. The molecule has 0 amide bonds. The number of nitrogens with one attached hydrogen (secondary N) is 1. The maximum atomic E-state index is 11.0. The number of benzene rings is 1. The van der Waals surface area contributed by atoms with Crippen LogP contribution in [0.25, 0.3) is 0 Å². The minimum atomic E-state index is -0.403. The highest BCUT2D eigenvalue weighted by atomic mass is 16.6. The van der Waals surface area contributed by atoms with Crippen molar-refractivity contribution >= 4 is 11.4 Å². The predicted molar refractivity (Wildman–Crippen MR) is 79.1 cm³/mol. The Labute approximate surface area is 119 Å². The summed E-state index contributed by atoms with van der Waals surface area (Å²) in [5.41, 5.74) is 3.70. The predicted octanol–water partition coefficient (Wildman–Crippen LogP) is 2.36. The maximum Gasteiger partial charge on any atom is 0.293 e. The van der Waals surface area contributed by atoms with E-state index in [4.69, 9.17) is 5.84 Å². The fourth-order valence-corrected chi connectivity index (χ4v) is 2.76. The maximum absolute atomic E-state index is 11.0. The van der Waals surface area contributed by atoms with Crippen LogP contribution in [0.4, 0.5) is 11.4 Å². The highest BCUT2D eigenvalue weighted by Crippen LogP contribution is 2.28. The fraction of sp³-hybridized carbons (Fsp3) is 0.571. The third kappa shape index (κ3) is 3.26.